The summed E-state index contributed by atoms with van der Waals surface area (Å²) in [6.45, 7) is 0.659. The van der Waals surface area contributed by atoms with E-state index in [2.05, 4.69) is 4.98 Å². The first-order chi connectivity index (χ1) is 9.97. The molecule has 1 aliphatic heterocycles. The van der Waals surface area contributed by atoms with Crippen LogP contribution in [-0.4, -0.2) is 60.2 Å². The molecule has 0 saturated carbocycles. The Kier molecular flexibility index (Phi) is 4.34. The number of nitrogens with zero attached hydrogens (tertiary/aromatic N) is 3. The van der Waals surface area contributed by atoms with Crippen LogP contribution in [0.3, 0.4) is 0 Å². The number of nitrogen functional groups attached to an aromatic ring is 1. The van der Waals surface area contributed by atoms with Crippen LogP contribution in [0.25, 0.3) is 0 Å². The van der Waals surface area contributed by atoms with Gasteiger partial charge in [0, 0.05) is 33.4 Å². The molecule has 9 heteroatoms. The molecule has 2 rings (SSSR count). The van der Waals surface area contributed by atoms with Gasteiger partial charge < -0.3 is 20.1 Å². The van der Waals surface area contributed by atoms with Crippen molar-refractivity contribution in [2.24, 2.45) is 0 Å². The molecule has 1 aliphatic rings. The highest BCUT2D eigenvalue weighted by Gasteiger charge is 2.36. The number of methoxy groups -OCH3 is 2. The van der Waals surface area contributed by atoms with Gasteiger partial charge in [-0.15, -0.1) is 0 Å². The van der Waals surface area contributed by atoms with Crippen molar-refractivity contribution in [1.29, 1.82) is 0 Å². The summed E-state index contributed by atoms with van der Waals surface area (Å²) in [4.78, 5) is 27.8. The number of pyridine rings is 1. The van der Waals surface area contributed by atoms with Crippen LogP contribution >= 0.6 is 0 Å². The van der Waals surface area contributed by atoms with E-state index < -0.39 is 10.8 Å². The first kappa shape index (κ1) is 15.1. The van der Waals surface area contributed by atoms with Crippen LogP contribution in [0.1, 0.15) is 10.4 Å². The highest BCUT2D eigenvalue weighted by Crippen LogP contribution is 2.22. The number of nitrogens with two attached hydrogens (primary N) is 1. The predicted octanol–water partition coefficient (Wildman–Crippen LogP) is 0.0578. The lowest BCUT2D eigenvalue weighted by molar-refractivity contribution is -0.385. The van der Waals surface area contributed by atoms with E-state index in [1.165, 1.54) is 19.1 Å². The van der Waals surface area contributed by atoms with Gasteiger partial charge in [-0.05, 0) is 0 Å². The Hall–Kier alpha value is -2.26. The molecule has 9 nitrogen and oxygen atoms in total. The lowest BCUT2D eigenvalue weighted by atomic mass is 10.2. The molecule has 21 heavy (non-hydrogen) atoms. The minimum atomic E-state index is -0.622. The van der Waals surface area contributed by atoms with Gasteiger partial charge in [-0.2, -0.15) is 0 Å². The number of carbonyl (C=O) groups excluding carboxylic acids is 1. The summed E-state index contributed by atoms with van der Waals surface area (Å²) in [5, 5.41) is 10.8. The normalized spacial score (nSPS) is 21.5. The van der Waals surface area contributed by atoms with E-state index in [1.807, 2.05) is 0 Å². The average molecular weight is 296 g/mol. The number of hydrogen-bond donors (Lipinski definition) is 1. The molecule has 0 spiro atoms. The highest BCUT2D eigenvalue weighted by atomic mass is 16.6. The molecule has 0 radical (unpaired) electrons. The maximum atomic E-state index is 12.4. The van der Waals surface area contributed by atoms with Gasteiger partial charge in [0.1, 0.15) is 24.2 Å². The molecule has 2 unspecified atom stereocenters. The van der Waals surface area contributed by atoms with E-state index in [4.69, 9.17) is 15.2 Å². The summed E-state index contributed by atoms with van der Waals surface area (Å²) in [6.07, 6.45) is 0.533. The van der Waals surface area contributed by atoms with Gasteiger partial charge in [0.15, 0.2) is 0 Å². The fraction of sp³-hybridized carbons (Fsp3) is 0.500. The van der Waals surface area contributed by atoms with Crippen molar-refractivity contribution in [3.05, 3.63) is 27.9 Å². The van der Waals surface area contributed by atoms with E-state index in [-0.39, 0.29) is 29.3 Å². The van der Waals surface area contributed by atoms with Crippen molar-refractivity contribution in [2.75, 3.05) is 33.0 Å². The molecule has 1 aromatic heterocycles. The maximum absolute atomic E-state index is 12.4. The smallest absolute Gasteiger partial charge is 0.288 e. The number of carbonyl (C=O) groups is 1. The van der Waals surface area contributed by atoms with Crippen LogP contribution in [0.15, 0.2) is 12.3 Å². The maximum Gasteiger partial charge on any atom is 0.288 e. The molecule has 114 valence electrons. The van der Waals surface area contributed by atoms with Gasteiger partial charge in [-0.1, -0.05) is 0 Å². The zero-order chi connectivity index (χ0) is 15.6. The largest absolute Gasteiger partial charge is 0.383 e. The number of ether oxygens (including phenoxy) is 2. The first-order valence-corrected chi connectivity index (χ1v) is 6.22. The fourth-order valence-electron chi connectivity index (χ4n) is 2.27. The van der Waals surface area contributed by atoms with Crippen LogP contribution in [0.2, 0.25) is 0 Å². The van der Waals surface area contributed by atoms with Gasteiger partial charge in [0.25, 0.3) is 11.6 Å². The van der Waals surface area contributed by atoms with E-state index in [1.54, 1.807) is 0 Å². The minimum absolute atomic E-state index is 0.0100. The van der Waals surface area contributed by atoms with Crippen LogP contribution < -0.4 is 5.73 Å². The molecule has 1 amide bonds. The Morgan fingerprint density at radius 3 is 2.48 bits per heavy atom. The monoisotopic (exact) mass is 296 g/mol. The van der Waals surface area contributed by atoms with Crippen molar-refractivity contribution in [1.82, 2.24) is 9.88 Å². The zero-order valence-corrected chi connectivity index (χ0v) is 11.7. The number of anilines is 1. The molecule has 0 aliphatic carbocycles. The summed E-state index contributed by atoms with van der Waals surface area (Å²) in [5.41, 5.74) is 5.38. The number of rotatable bonds is 4. The summed E-state index contributed by atoms with van der Waals surface area (Å²) in [6, 6.07) is 1.13. The second kappa shape index (κ2) is 6.02. The molecule has 0 bridgehead atoms. The van der Waals surface area contributed by atoms with Crippen LogP contribution in [0.5, 0.6) is 0 Å². The van der Waals surface area contributed by atoms with Crippen molar-refractivity contribution < 1.29 is 19.2 Å². The van der Waals surface area contributed by atoms with Gasteiger partial charge in [-0.3, -0.25) is 14.9 Å². The standard InChI is InChI=1S/C12H16N4O5/c1-20-9-5-15(6-10(9)21-2)12(17)8-3-7(16(18)19)4-14-11(8)13/h3-4,9-10H,5-6H2,1-2H3,(H2,13,14). The number of hydrogen-bond acceptors (Lipinski definition) is 7. The molecule has 2 N–H and O–H groups in total. The molecule has 2 atom stereocenters. The Bertz CT molecular complexity index is 553. The fourth-order valence-corrected chi connectivity index (χ4v) is 2.27. The Morgan fingerprint density at radius 2 is 2.00 bits per heavy atom. The second-order valence-corrected chi connectivity index (χ2v) is 4.64. The van der Waals surface area contributed by atoms with E-state index in [0.717, 1.165) is 12.3 Å². The van der Waals surface area contributed by atoms with Crippen molar-refractivity contribution in [2.45, 2.75) is 12.2 Å². The third-order valence-corrected chi connectivity index (χ3v) is 3.45. The predicted molar refractivity (Wildman–Crippen MR) is 72.8 cm³/mol. The van der Waals surface area contributed by atoms with Gasteiger partial charge in [-0.25, -0.2) is 4.98 Å². The number of aromatic nitrogens is 1. The van der Waals surface area contributed by atoms with Gasteiger partial charge in [0.2, 0.25) is 0 Å². The van der Waals surface area contributed by atoms with E-state index in [9.17, 15) is 14.9 Å². The quantitative estimate of drug-likeness (QED) is 0.615. The number of amides is 1. The molecule has 1 saturated heterocycles. The minimum Gasteiger partial charge on any atom is -0.383 e. The van der Waals surface area contributed by atoms with Crippen LogP contribution in [0.4, 0.5) is 11.5 Å². The average Bonchev–Trinajstić information content (AvgIpc) is 2.90. The Morgan fingerprint density at radius 1 is 1.43 bits per heavy atom. The van der Waals surface area contributed by atoms with Crippen molar-refractivity contribution in [3.8, 4) is 0 Å². The zero-order valence-electron chi connectivity index (χ0n) is 11.7. The molecular weight excluding hydrogens is 280 g/mol. The summed E-state index contributed by atoms with van der Waals surface area (Å²) in [5.74, 6) is -0.467. The number of nitro groups is 1. The number of likely N-dealkylation sites (tertiary alicyclic amines) is 1. The van der Waals surface area contributed by atoms with E-state index in [0.29, 0.717) is 13.1 Å². The Labute approximate surface area is 120 Å². The van der Waals surface area contributed by atoms with Crippen molar-refractivity contribution in [3.63, 3.8) is 0 Å². The van der Waals surface area contributed by atoms with Crippen LogP contribution in [0, 0.1) is 10.1 Å². The Balaban J connectivity index is 2.25. The lowest BCUT2D eigenvalue weighted by Crippen LogP contribution is -2.31. The third kappa shape index (κ3) is 2.93. The second-order valence-electron chi connectivity index (χ2n) is 4.64. The van der Waals surface area contributed by atoms with Crippen LogP contribution in [-0.2, 0) is 9.47 Å². The summed E-state index contributed by atoms with van der Waals surface area (Å²) in [7, 11) is 3.07. The molecule has 0 aromatic carbocycles. The molecule has 2 heterocycles. The first-order valence-electron chi connectivity index (χ1n) is 6.22. The summed E-state index contributed by atoms with van der Waals surface area (Å²) < 4.78 is 10.5. The molecular formula is C12H16N4O5. The van der Waals surface area contributed by atoms with E-state index >= 15 is 0 Å². The SMILES string of the molecule is COC1CN(C(=O)c2cc([N+](=O)[O-])cnc2N)CC1OC. The topological polar surface area (TPSA) is 121 Å². The molecule has 1 aromatic rings. The van der Waals surface area contributed by atoms with Gasteiger partial charge in [0.05, 0.1) is 10.5 Å². The molecule has 1 fully saturated rings. The third-order valence-electron chi connectivity index (χ3n) is 3.45. The summed E-state index contributed by atoms with van der Waals surface area (Å²) >= 11 is 0. The highest BCUT2D eigenvalue weighted by molar-refractivity contribution is 5.99. The lowest BCUT2D eigenvalue weighted by Gasteiger charge is -2.16. The van der Waals surface area contributed by atoms with Crippen molar-refractivity contribution >= 4 is 17.4 Å². The van der Waals surface area contributed by atoms with Gasteiger partial charge >= 0.3 is 0 Å².